The molecule has 0 aliphatic carbocycles. The summed E-state index contributed by atoms with van der Waals surface area (Å²) in [6.07, 6.45) is 1.56. The second-order valence-electron chi connectivity index (χ2n) is 4.88. The number of aromatic nitrogens is 1. The van der Waals surface area contributed by atoms with Crippen molar-refractivity contribution < 1.29 is 8.42 Å². The summed E-state index contributed by atoms with van der Waals surface area (Å²) in [5.41, 5.74) is 6.00. The maximum absolute atomic E-state index is 12.7. The van der Waals surface area contributed by atoms with E-state index in [1.807, 2.05) is 14.0 Å². The molecule has 2 heterocycles. The molecule has 1 aliphatic heterocycles. The summed E-state index contributed by atoms with van der Waals surface area (Å²) in [6.45, 7) is 4.02. The second-order valence-corrected chi connectivity index (χ2v) is 6.74. The van der Waals surface area contributed by atoms with Gasteiger partial charge in [0.1, 0.15) is 4.90 Å². The first kappa shape index (κ1) is 14.4. The Hall–Kier alpha value is -1.02. The lowest BCUT2D eigenvalue weighted by atomic mass is 10.2. The number of sulfonamides is 1. The molecule has 0 bridgehead atoms. The molecule has 2 N–H and O–H groups in total. The Morgan fingerprint density at radius 2 is 2.21 bits per heavy atom. The van der Waals surface area contributed by atoms with Crippen molar-refractivity contribution >= 4 is 10.0 Å². The Kier molecular flexibility index (Phi) is 4.19. The first-order valence-electron chi connectivity index (χ1n) is 6.31. The van der Waals surface area contributed by atoms with E-state index in [1.54, 1.807) is 22.6 Å². The van der Waals surface area contributed by atoms with Gasteiger partial charge in [-0.1, -0.05) is 0 Å². The average molecular weight is 284 g/mol. The van der Waals surface area contributed by atoms with E-state index >= 15 is 0 Å². The molecule has 1 saturated heterocycles. The molecule has 7 heteroatoms. The quantitative estimate of drug-likeness (QED) is 0.836. The summed E-state index contributed by atoms with van der Waals surface area (Å²) in [5.74, 6) is 0. The molecule has 1 aliphatic rings. The van der Waals surface area contributed by atoms with Crippen molar-refractivity contribution in [3.63, 3.8) is 0 Å². The van der Waals surface area contributed by atoms with Crippen LogP contribution in [0.5, 0.6) is 0 Å². The van der Waals surface area contributed by atoms with E-state index < -0.39 is 10.0 Å². The van der Waals surface area contributed by atoms with Gasteiger partial charge in [0.2, 0.25) is 10.0 Å². The number of nitrogens with two attached hydrogens (primary N) is 1. The minimum atomic E-state index is -3.51. The molecule has 1 atom stereocenters. The highest BCUT2D eigenvalue weighted by Gasteiger charge is 2.33. The number of hydrogen-bond donors (Lipinski definition) is 1. The van der Waals surface area contributed by atoms with Crippen molar-refractivity contribution in [2.45, 2.75) is 24.4 Å². The Labute approximate surface area is 114 Å². The second kappa shape index (κ2) is 5.54. The number of hydrogen-bond acceptors (Lipinski definition) is 5. The number of nitrogens with zero attached hydrogens (tertiary/aromatic N) is 3. The van der Waals surface area contributed by atoms with Gasteiger partial charge in [-0.05, 0) is 26.1 Å². The minimum absolute atomic E-state index is 0.0467. The molecule has 0 amide bonds. The summed E-state index contributed by atoms with van der Waals surface area (Å²) in [5, 5.41) is 0. The molecule has 6 nitrogen and oxygen atoms in total. The summed E-state index contributed by atoms with van der Waals surface area (Å²) in [6, 6.07) is 3.16. The largest absolute Gasteiger partial charge is 0.325 e. The monoisotopic (exact) mass is 284 g/mol. The van der Waals surface area contributed by atoms with Crippen LogP contribution in [0.15, 0.2) is 23.2 Å². The first-order chi connectivity index (χ1) is 8.96. The summed E-state index contributed by atoms with van der Waals surface area (Å²) in [4.78, 5) is 6.42. The van der Waals surface area contributed by atoms with E-state index in [9.17, 15) is 8.42 Å². The molecule has 1 fully saturated rings. The Balaban J connectivity index is 2.37. The lowest BCUT2D eigenvalue weighted by Gasteiger charge is -2.37. The molecule has 1 aromatic rings. The average Bonchev–Trinajstić information content (AvgIpc) is 2.38. The lowest BCUT2D eigenvalue weighted by Crippen LogP contribution is -2.52. The maximum atomic E-state index is 12.7. The highest BCUT2D eigenvalue weighted by Crippen LogP contribution is 2.22. The molecule has 1 aromatic heterocycles. The normalized spacial score (nSPS) is 22.6. The number of piperazine rings is 1. The minimum Gasteiger partial charge on any atom is -0.325 e. The van der Waals surface area contributed by atoms with Crippen molar-refractivity contribution in [3.8, 4) is 0 Å². The van der Waals surface area contributed by atoms with Gasteiger partial charge in [0.05, 0.1) is 5.69 Å². The first-order valence-corrected chi connectivity index (χ1v) is 7.75. The molecule has 2 rings (SSSR count). The molecule has 0 spiro atoms. The van der Waals surface area contributed by atoms with Gasteiger partial charge in [0, 0.05) is 38.4 Å². The molecule has 0 saturated carbocycles. The van der Waals surface area contributed by atoms with Gasteiger partial charge in [-0.25, -0.2) is 8.42 Å². The van der Waals surface area contributed by atoms with E-state index in [-0.39, 0.29) is 17.5 Å². The van der Waals surface area contributed by atoms with Crippen molar-refractivity contribution in [2.24, 2.45) is 5.73 Å². The zero-order valence-electron chi connectivity index (χ0n) is 11.3. The topological polar surface area (TPSA) is 79.5 Å². The molecule has 106 valence electrons. The van der Waals surface area contributed by atoms with Crippen molar-refractivity contribution in [1.82, 2.24) is 14.2 Å². The molecule has 0 radical (unpaired) electrons. The summed E-state index contributed by atoms with van der Waals surface area (Å²) >= 11 is 0. The maximum Gasteiger partial charge on any atom is 0.245 e. The van der Waals surface area contributed by atoms with Gasteiger partial charge in [-0.15, -0.1) is 0 Å². The van der Waals surface area contributed by atoms with Gasteiger partial charge in [0.15, 0.2) is 0 Å². The third kappa shape index (κ3) is 2.79. The molecular weight excluding hydrogens is 264 g/mol. The SMILES string of the molecule is CC1CN(C)CCN1S(=O)(=O)c1cccnc1CN. The Bertz CT molecular complexity index is 546. The van der Waals surface area contributed by atoms with Gasteiger partial charge < -0.3 is 10.6 Å². The third-order valence-corrected chi connectivity index (χ3v) is 5.49. The van der Waals surface area contributed by atoms with Crippen molar-refractivity contribution in [1.29, 1.82) is 0 Å². The van der Waals surface area contributed by atoms with Crippen LogP contribution in [0.3, 0.4) is 0 Å². The summed E-state index contributed by atoms with van der Waals surface area (Å²) in [7, 11) is -1.52. The van der Waals surface area contributed by atoms with E-state index in [4.69, 9.17) is 5.73 Å². The van der Waals surface area contributed by atoms with Crippen LogP contribution in [0.2, 0.25) is 0 Å². The predicted molar refractivity (Wildman–Crippen MR) is 73.0 cm³/mol. The number of pyridine rings is 1. The van der Waals surface area contributed by atoms with Crippen LogP contribution in [-0.4, -0.2) is 55.3 Å². The third-order valence-electron chi connectivity index (χ3n) is 3.40. The van der Waals surface area contributed by atoms with Crippen LogP contribution in [0.4, 0.5) is 0 Å². The highest BCUT2D eigenvalue weighted by atomic mass is 32.2. The van der Waals surface area contributed by atoms with Crippen LogP contribution in [0, 0.1) is 0 Å². The van der Waals surface area contributed by atoms with Crippen LogP contribution in [-0.2, 0) is 16.6 Å². The zero-order valence-corrected chi connectivity index (χ0v) is 12.1. The van der Waals surface area contributed by atoms with Crippen molar-refractivity contribution in [3.05, 3.63) is 24.0 Å². The van der Waals surface area contributed by atoms with E-state index in [0.29, 0.717) is 12.2 Å². The fourth-order valence-electron chi connectivity index (χ4n) is 2.42. The van der Waals surface area contributed by atoms with Gasteiger partial charge in [0.25, 0.3) is 0 Å². The fraction of sp³-hybridized carbons (Fsp3) is 0.583. The smallest absolute Gasteiger partial charge is 0.245 e. The lowest BCUT2D eigenvalue weighted by molar-refractivity contribution is 0.170. The number of rotatable bonds is 3. The van der Waals surface area contributed by atoms with Gasteiger partial charge in [-0.2, -0.15) is 4.31 Å². The number of likely N-dealkylation sites (N-methyl/N-ethyl adjacent to an activating group) is 1. The standard InChI is InChI=1S/C12H20N4O2S/c1-10-9-15(2)6-7-16(10)19(17,18)12-4-3-5-14-11(12)8-13/h3-5,10H,6-9,13H2,1-2H3. The molecule has 0 aromatic carbocycles. The Morgan fingerprint density at radius 1 is 1.47 bits per heavy atom. The van der Waals surface area contributed by atoms with Crippen LogP contribution in [0.1, 0.15) is 12.6 Å². The van der Waals surface area contributed by atoms with E-state index in [1.165, 1.54) is 0 Å². The van der Waals surface area contributed by atoms with E-state index in [2.05, 4.69) is 9.88 Å². The molecule has 1 unspecified atom stereocenters. The highest BCUT2D eigenvalue weighted by molar-refractivity contribution is 7.89. The Morgan fingerprint density at radius 3 is 2.84 bits per heavy atom. The molecular formula is C12H20N4O2S. The fourth-order valence-corrected chi connectivity index (χ4v) is 4.22. The van der Waals surface area contributed by atoms with Gasteiger partial charge >= 0.3 is 0 Å². The van der Waals surface area contributed by atoms with Crippen LogP contribution >= 0.6 is 0 Å². The van der Waals surface area contributed by atoms with Crippen LogP contribution in [0.25, 0.3) is 0 Å². The summed E-state index contributed by atoms with van der Waals surface area (Å²) < 4.78 is 26.9. The zero-order chi connectivity index (χ0) is 14.0. The van der Waals surface area contributed by atoms with Gasteiger partial charge in [-0.3, -0.25) is 4.98 Å². The van der Waals surface area contributed by atoms with Crippen molar-refractivity contribution in [2.75, 3.05) is 26.7 Å². The molecule has 19 heavy (non-hydrogen) atoms. The predicted octanol–water partition coefficient (Wildman–Crippen LogP) is -0.135. The van der Waals surface area contributed by atoms with Crippen LogP contribution < -0.4 is 5.73 Å². The van der Waals surface area contributed by atoms with E-state index in [0.717, 1.165) is 13.1 Å².